The molecule has 2 aromatic carbocycles. The molecule has 0 aliphatic carbocycles. The summed E-state index contributed by atoms with van der Waals surface area (Å²) in [6.45, 7) is 0.856. The monoisotopic (exact) mass is 460 g/mol. The smallest absolute Gasteiger partial charge is 0.407 e. The van der Waals surface area contributed by atoms with Crippen LogP contribution in [0.2, 0.25) is 0 Å². The van der Waals surface area contributed by atoms with E-state index < -0.39 is 26.6 Å². The van der Waals surface area contributed by atoms with Gasteiger partial charge in [0, 0.05) is 25.7 Å². The standard InChI is InChI=1S/C20H20N4O7S/c25-19(13-23-17-8-5-15(24(27)28)11-18(17)31-20(23)26)21-12-14-3-6-16(7-4-14)32(29,30)22-9-1-2-10-22/h3-8,11H,1-2,9-10,12-13H2,(H,21,25). The number of hydrogen-bond donors (Lipinski definition) is 1. The number of benzene rings is 2. The van der Waals surface area contributed by atoms with Crippen molar-refractivity contribution in [2.24, 2.45) is 0 Å². The molecule has 0 spiro atoms. The summed E-state index contributed by atoms with van der Waals surface area (Å²) in [5, 5.41) is 13.5. The maximum absolute atomic E-state index is 12.6. The molecule has 0 unspecified atom stereocenters. The molecule has 1 aromatic heterocycles. The fourth-order valence-corrected chi connectivity index (χ4v) is 5.09. The Balaban J connectivity index is 1.41. The van der Waals surface area contributed by atoms with E-state index in [2.05, 4.69) is 5.32 Å². The van der Waals surface area contributed by atoms with Crippen molar-refractivity contribution in [3.05, 3.63) is 68.7 Å². The molecule has 1 amide bonds. The maximum atomic E-state index is 12.6. The molecular formula is C20H20N4O7S. The number of rotatable bonds is 7. The number of aromatic nitrogens is 1. The second kappa shape index (κ2) is 8.55. The van der Waals surface area contributed by atoms with Crippen LogP contribution in [0.3, 0.4) is 0 Å². The van der Waals surface area contributed by atoms with Crippen molar-refractivity contribution in [3.8, 4) is 0 Å². The highest BCUT2D eigenvalue weighted by Crippen LogP contribution is 2.21. The van der Waals surface area contributed by atoms with Crippen molar-refractivity contribution in [1.82, 2.24) is 14.2 Å². The van der Waals surface area contributed by atoms with Crippen LogP contribution in [-0.4, -0.2) is 41.2 Å². The summed E-state index contributed by atoms with van der Waals surface area (Å²) in [4.78, 5) is 34.8. The lowest BCUT2D eigenvalue weighted by Crippen LogP contribution is -2.30. The minimum Gasteiger partial charge on any atom is -0.407 e. The highest BCUT2D eigenvalue weighted by Gasteiger charge is 2.26. The van der Waals surface area contributed by atoms with Gasteiger partial charge in [-0.05, 0) is 36.6 Å². The van der Waals surface area contributed by atoms with Crippen LogP contribution < -0.4 is 11.1 Å². The van der Waals surface area contributed by atoms with Gasteiger partial charge in [-0.15, -0.1) is 0 Å². The van der Waals surface area contributed by atoms with Crippen molar-refractivity contribution in [1.29, 1.82) is 0 Å². The van der Waals surface area contributed by atoms with E-state index in [0.29, 0.717) is 18.7 Å². The second-order valence-electron chi connectivity index (χ2n) is 7.40. The van der Waals surface area contributed by atoms with Crippen molar-refractivity contribution >= 4 is 32.7 Å². The molecule has 0 atom stereocenters. The van der Waals surface area contributed by atoms with Crippen molar-refractivity contribution in [3.63, 3.8) is 0 Å². The zero-order valence-electron chi connectivity index (χ0n) is 16.9. The number of oxazole rings is 1. The molecule has 12 heteroatoms. The summed E-state index contributed by atoms with van der Waals surface area (Å²) in [5.41, 5.74) is 0.760. The van der Waals surface area contributed by atoms with Gasteiger partial charge in [0.2, 0.25) is 15.9 Å². The van der Waals surface area contributed by atoms with Gasteiger partial charge in [-0.1, -0.05) is 12.1 Å². The van der Waals surface area contributed by atoms with Gasteiger partial charge >= 0.3 is 5.76 Å². The molecule has 1 N–H and O–H groups in total. The molecule has 11 nitrogen and oxygen atoms in total. The molecule has 32 heavy (non-hydrogen) atoms. The molecule has 168 valence electrons. The normalized spacial score (nSPS) is 14.6. The van der Waals surface area contributed by atoms with Gasteiger partial charge in [0.1, 0.15) is 6.54 Å². The average molecular weight is 460 g/mol. The zero-order chi connectivity index (χ0) is 22.9. The first-order chi connectivity index (χ1) is 15.3. The third kappa shape index (κ3) is 4.27. The number of carbonyl (C=O) groups excluding carboxylic acids is 1. The van der Waals surface area contributed by atoms with Crippen LogP contribution in [0.15, 0.2) is 56.6 Å². The summed E-state index contributed by atoms with van der Waals surface area (Å²) in [7, 11) is -3.50. The molecule has 0 radical (unpaired) electrons. The molecular weight excluding hydrogens is 440 g/mol. The van der Waals surface area contributed by atoms with E-state index in [9.17, 15) is 28.1 Å². The van der Waals surface area contributed by atoms with Gasteiger partial charge in [-0.25, -0.2) is 13.2 Å². The number of nitrogens with one attached hydrogen (secondary N) is 1. The topological polar surface area (TPSA) is 145 Å². The van der Waals surface area contributed by atoms with Crippen LogP contribution in [0.25, 0.3) is 11.1 Å². The highest BCUT2D eigenvalue weighted by molar-refractivity contribution is 7.89. The Hall–Kier alpha value is -3.51. The minimum atomic E-state index is -3.50. The first-order valence-corrected chi connectivity index (χ1v) is 11.3. The molecule has 1 saturated heterocycles. The summed E-state index contributed by atoms with van der Waals surface area (Å²) in [5.74, 6) is -1.27. The Kier molecular flexibility index (Phi) is 5.80. The van der Waals surface area contributed by atoms with E-state index in [1.165, 1.54) is 28.6 Å². The molecule has 2 heterocycles. The molecule has 0 saturated carbocycles. The largest absolute Gasteiger partial charge is 0.420 e. The molecule has 0 bridgehead atoms. The summed E-state index contributed by atoms with van der Waals surface area (Å²) in [6.07, 6.45) is 1.71. The van der Waals surface area contributed by atoms with E-state index in [4.69, 9.17) is 4.42 Å². The average Bonchev–Trinajstić information content (AvgIpc) is 3.41. The van der Waals surface area contributed by atoms with Crippen LogP contribution >= 0.6 is 0 Å². The lowest BCUT2D eigenvalue weighted by molar-refractivity contribution is -0.384. The Morgan fingerprint density at radius 1 is 1.12 bits per heavy atom. The Bertz CT molecular complexity index is 1340. The van der Waals surface area contributed by atoms with Gasteiger partial charge in [-0.2, -0.15) is 4.31 Å². The van der Waals surface area contributed by atoms with Crippen LogP contribution in [0, 0.1) is 10.1 Å². The number of sulfonamides is 1. The third-order valence-electron chi connectivity index (χ3n) is 5.28. The summed E-state index contributed by atoms with van der Waals surface area (Å²) in [6, 6.07) is 9.98. The maximum Gasteiger partial charge on any atom is 0.420 e. The predicted octanol–water partition coefficient (Wildman–Crippen LogP) is 1.60. The van der Waals surface area contributed by atoms with Crippen molar-refractivity contribution < 1.29 is 22.6 Å². The quantitative estimate of drug-likeness (QED) is 0.416. The van der Waals surface area contributed by atoms with E-state index in [1.807, 2.05) is 0 Å². The lowest BCUT2D eigenvalue weighted by Gasteiger charge is -2.15. The number of nitro groups is 1. The van der Waals surface area contributed by atoms with Crippen molar-refractivity contribution in [2.75, 3.05) is 13.1 Å². The number of nitrogens with zero attached hydrogens (tertiary/aromatic N) is 3. The van der Waals surface area contributed by atoms with Crippen molar-refractivity contribution in [2.45, 2.75) is 30.8 Å². The molecule has 1 aliphatic heterocycles. The Morgan fingerprint density at radius 2 is 1.81 bits per heavy atom. The summed E-state index contributed by atoms with van der Waals surface area (Å²) < 4.78 is 32.7. The number of hydrogen-bond acceptors (Lipinski definition) is 7. The van der Waals surface area contributed by atoms with Crippen LogP contribution in [-0.2, 0) is 27.9 Å². The number of non-ortho nitro benzene ring substituents is 1. The van der Waals surface area contributed by atoms with Gasteiger partial charge in [-0.3, -0.25) is 19.5 Å². The van der Waals surface area contributed by atoms with Gasteiger partial charge in [0.05, 0.1) is 21.4 Å². The number of carbonyl (C=O) groups is 1. The van der Waals surface area contributed by atoms with Gasteiger partial charge in [0.15, 0.2) is 5.58 Å². The van der Waals surface area contributed by atoms with Gasteiger partial charge in [0.25, 0.3) is 5.69 Å². The SMILES string of the molecule is O=C(Cn1c(=O)oc2cc([N+](=O)[O-])ccc21)NCc1ccc(S(=O)(=O)N2CCCC2)cc1. The minimum absolute atomic E-state index is 0.0202. The van der Waals surface area contributed by atoms with E-state index in [0.717, 1.165) is 23.5 Å². The predicted molar refractivity (Wildman–Crippen MR) is 113 cm³/mol. The Morgan fingerprint density at radius 3 is 2.47 bits per heavy atom. The molecule has 1 fully saturated rings. The number of fused-ring (bicyclic) bond motifs is 1. The van der Waals surface area contributed by atoms with Crippen LogP contribution in [0.5, 0.6) is 0 Å². The first kappa shape index (κ1) is 21.7. The number of nitro benzene ring substituents is 1. The molecule has 4 rings (SSSR count). The van der Waals surface area contributed by atoms with E-state index in [-0.39, 0.29) is 34.8 Å². The van der Waals surface area contributed by atoms with E-state index >= 15 is 0 Å². The van der Waals surface area contributed by atoms with E-state index in [1.54, 1.807) is 12.1 Å². The van der Waals surface area contributed by atoms with Crippen LogP contribution in [0.4, 0.5) is 5.69 Å². The summed E-state index contributed by atoms with van der Waals surface area (Å²) >= 11 is 0. The molecule has 3 aromatic rings. The number of amides is 1. The third-order valence-corrected chi connectivity index (χ3v) is 7.19. The second-order valence-corrected chi connectivity index (χ2v) is 9.33. The fraction of sp³-hybridized carbons (Fsp3) is 0.300. The van der Waals surface area contributed by atoms with Crippen LogP contribution in [0.1, 0.15) is 18.4 Å². The fourth-order valence-electron chi connectivity index (χ4n) is 3.58. The molecule has 1 aliphatic rings. The highest BCUT2D eigenvalue weighted by atomic mass is 32.2. The van der Waals surface area contributed by atoms with Gasteiger partial charge < -0.3 is 9.73 Å². The zero-order valence-corrected chi connectivity index (χ0v) is 17.7. The lowest BCUT2D eigenvalue weighted by atomic mass is 10.2. The Labute approximate surface area is 182 Å². The first-order valence-electron chi connectivity index (χ1n) is 9.89.